The Morgan fingerprint density at radius 2 is 1.84 bits per heavy atom. The number of nitrogens with two attached hydrogens (primary N) is 1. The molecule has 44 heavy (non-hydrogen) atoms. The van der Waals surface area contributed by atoms with Crippen molar-refractivity contribution in [1.82, 2.24) is 16.1 Å². The largest absolute Gasteiger partial charge is 0.481 e. The maximum absolute atomic E-state index is 13.7. The van der Waals surface area contributed by atoms with Crippen LogP contribution in [-0.2, 0) is 18.9 Å². The van der Waals surface area contributed by atoms with Crippen LogP contribution in [0.25, 0.3) is 0 Å². The lowest BCUT2D eigenvalue weighted by Gasteiger charge is -2.64. The van der Waals surface area contributed by atoms with Crippen LogP contribution in [0.3, 0.4) is 0 Å². The first-order valence-electron chi connectivity index (χ1n) is 16.3. The number of nitrogens with zero attached hydrogens (tertiary/aromatic N) is 3. The fraction of sp³-hybridized carbons (Fsp3) is 0.867. The molecule has 14 heteroatoms. The van der Waals surface area contributed by atoms with E-state index in [2.05, 4.69) is 56.3 Å². The molecule has 6 atom stereocenters. The average Bonchev–Trinajstić information content (AvgIpc) is 3.30. The number of nitrogens with one attached hydrogen (secondary N) is 3. The van der Waals surface area contributed by atoms with E-state index in [1.165, 1.54) is 0 Å². The van der Waals surface area contributed by atoms with E-state index in [9.17, 15) is 14.5 Å². The summed E-state index contributed by atoms with van der Waals surface area (Å²) < 4.78 is 13.2. The smallest absolute Gasteiger partial charge is 0.404 e. The second-order valence-electron chi connectivity index (χ2n) is 13.9. The summed E-state index contributed by atoms with van der Waals surface area (Å²) in [6.45, 7) is 11.1. The van der Waals surface area contributed by atoms with Crippen molar-refractivity contribution in [3.63, 3.8) is 0 Å². The second kappa shape index (κ2) is 15.9. The highest BCUT2D eigenvalue weighted by molar-refractivity contribution is 6.48. The van der Waals surface area contributed by atoms with Gasteiger partial charge in [-0.25, -0.2) is 10.2 Å². The van der Waals surface area contributed by atoms with Gasteiger partial charge in [-0.3, -0.25) is 9.59 Å². The predicted molar refractivity (Wildman–Crippen MR) is 166 cm³/mol. The van der Waals surface area contributed by atoms with Gasteiger partial charge in [0.1, 0.15) is 10.9 Å². The first-order chi connectivity index (χ1) is 20.8. The summed E-state index contributed by atoms with van der Waals surface area (Å²) in [4.78, 5) is 41.3. The van der Waals surface area contributed by atoms with Crippen LogP contribution < -0.4 is 21.8 Å². The summed E-state index contributed by atoms with van der Waals surface area (Å²) in [6, 6.07) is 1.34. The Morgan fingerprint density at radius 1 is 1.14 bits per heavy atom. The van der Waals surface area contributed by atoms with Crippen LogP contribution in [0.1, 0.15) is 112 Å². The summed E-state index contributed by atoms with van der Waals surface area (Å²) in [5.41, 5.74) is 7.27. The third-order valence-electron chi connectivity index (χ3n) is 9.84. The molecule has 4 fully saturated rings. The third-order valence-corrected chi connectivity index (χ3v) is 9.84. The molecule has 0 spiro atoms. The summed E-state index contributed by atoms with van der Waals surface area (Å²) in [6.07, 6.45) is 8.63. The third kappa shape index (κ3) is 9.30. The Kier molecular flexibility index (Phi) is 12.8. The van der Waals surface area contributed by atoms with Gasteiger partial charge in [-0.05, 0) is 80.5 Å². The Morgan fingerprint density at radius 3 is 2.50 bits per heavy atom. The van der Waals surface area contributed by atoms with Gasteiger partial charge >= 0.3 is 12.2 Å². The quantitative estimate of drug-likeness (QED) is 0.0504. The molecule has 0 aromatic heterocycles. The zero-order chi connectivity index (χ0) is 32.5. The van der Waals surface area contributed by atoms with Crippen molar-refractivity contribution in [3.05, 3.63) is 4.91 Å². The van der Waals surface area contributed by atoms with E-state index in [1.807, 2.05) is 5.43 Å². The number of guanidine groups is 1. The fourth-order valence-corrected chi connectivity index (χ4v) is 7.28. The number of rotatable bonds is 18. The Labute approximate surface area is 262 Å². The minimum atomic E-state index is -0.808. The number of carbonyl (C=O) groups is 2. The Balaban J connectivity index is 1.63. The van der Waals surface area contributed by atoms with Crippen molar-refractivity contribution in [1.29, 1.82) is 5.26 Å². The zero-order valence-electron chi connectivity index (χ0n) is 27.1. The van der Waals surface area contributed by atoms with Gasteiger partial charge in [0.2, 0.25) is 11.8 Å². The van der Waals surface area contributed by atoms with E-state index >= 15 is 0 Å². The molecule has 246 valence electrons. The molecule has 1 saturated heterocycles. The maximum atomic E-state index is 13.7. The molecule has 4 rings (SSSR count). The van der Waals surface area contributed by atoms with Crippen molar-refractivity contribution in [2.75, 3.05) is 6.54 Å². The van der Waals surface area contributed by atoms with Crippen LogP contribution in [0.4, 0.5) is 0 Å². The lowest BCUT2D eigenvalue weighted by molar-refractivity contribution is -0.822. The summed E-state index contributed by atoms with van der Waals surface area (Å²) in [7, 11) is -0.576. The van der Waals surface area contributed by atoms with E-state index in [1.54, 1.807) is 0 Å². The minimum Gasteiger partial charge on any atom is -0.404 e. The topological polar surface area (TPSA) is 191 Å². The molecule has 1 heterocycles. The summed E-state index contributed by atoms with van der Waals surface area (Å²) >= 11 is 0. The molecule has 0 aromatic carbocycles. The monoisotopic (exact) mass is 618 g/mol. The molecule has 1 aliphatic heterocycles. The van der Waals surface area contributed by atoms with Crippen LogP contribution in [0.2, 0.25) is 0 Å². The second-order valence-corrected chi connectivity index (χ2v) is 13.9. The first kappa shape index (κ1) is 35.6. The predicted octanol–water partition coefficient (Wildman–Crippen LogP) is 3.29. The average molecular weight is 619 g/mol. The van der Waals surface area contributed by atoms with Crippen molar-refractivity contribution in [3.8, 4) is 6.07 Å². The van der Waals surface area contributed by atoms with E-state index in [4.69, 9.17) is 25.5 Å². The van der Waals surface area contributed by atoms with Crippen molar-refractivity contribution < 1.29 is 29.1 Å². The number of hydrogen-bond donors (Lipinski definition) is 5. The maximum Gasteiger partial charge on any atom is 0.481 e. The first-order valence-corrected chi connectivity index (χ1v) is 16.3. The molecule has 3 aliphatic carbocycles. The van der Waals surface area contributed by atoms with Gasteiger partial charge in [0.15, 0.2) is 0 Å². The van der Waals surface area contributed by atoms with Gasteiger partial charge < -0.3 is 25.7 Å². The number of amides is 2. The highest BCUT2D eigenvalue weighted by Gasteiger charge is 2.68. The van der Waals surface area contributed by atoms with Gasteiger partial charge in [0.25, 0.3) is 5.96 Å². The zero-order valence-corrected chi connectivity index (χ0v) is 27.1. The molecule has 0 unspecified atom stereocenters. The molecule has 0 aromatic rings. The molecule has 3 saturated carbocycles. The van der Waals surface area contributed by atoms with Crippen molar-refractivity contribution in [2.45, 2.75) is 135 Å². The Bertz CT molecular complexity index is 1080. The molecule has 13 nitrogen and oxygen atoms in total. The number of hydrogen-bond acceptors (Lipinski definition) is 7. The number of carbonyl (C=O) groups excluding carboxylic acids is 2. The Hall–Kier alpha value is -2.92. The highest BCUT2D eigenvalue weighted by Crippen LogP contribution is 2.65. The fourth-order valence-electron chi connectivity index (χ4n) is 7.28. The molecular formula is C30H53BN7O6+. The van der Waals surface area contributed by atoms with Gasteiger partial charge in [0.05, 0.1) is 23.7 Å². The van der Waals surface area contributed by atoms with E-state index in [0.717, 1.165) is 38.5 Å². The molecule has 0 radical (unpaired) electrons. The van der Waals surface area contributed by atoms with Gasteiger partial charge in [-0.2, -0.15) is 5.26 Å². The van der Waals surface area contributed by atoms with E-state index in [-0.39, 0.29) is 47.7 Å². The van der Waals surface area contributed by atoms with E-state index in [0.29, 0.717) is 50.4 Å². The standard InChI is InChI=1S/C30H52BN7O6/c1-20(2)17-25(31-43-24-19-21-18-23(29(21,3)4)30(24,5)44-31)36-27(40)22(13-12-16-34-28(33)37-38(41)42)35-26(39)14-10-8-6-7-9-11-15-32/h20-25H,6-14,16-19H2,1-5H3,(H5-,33,34,35,36,37,39,40,41,42)/p+1/t21-,22-,23-,24+,25-,30-/m0/s1. The molecule has 2 bridgehead atoms. The van der Waals surface area contributed by atoms with Crippen LogP contribution >= 0.6 is 0 Å². The lowest BCUT2D eigenvalue weighted by atomic mass is 9.43. The molecular weight excluding hydrogens is 565 g/mol. The molecule has 4 aliphatic rings. The number of hydrazine groups is 1. The lowest BCUT2D eigenvalue weighted by Crippen LogP contribution is -2.65. The van der Waals surface area contributed by atoms with Crippen LogP contribution in [0, 0.1) is 39.4 Å². The molecule has 6 N–H and O–H groups in total. The summed E-state index contributed by atoms with van der Waals surface area (Å²) in [5.74, 6) is 0.126. The summed E-state index contributed by atoms with van der Waals surface area (Å²) in [5, 5.41) is 22.9. The molecule has 2 amide bonds. The highest BCUT2D eigenvalue weighted by atomic mass is 16.7. The van der Waals surface area contributed by atoms with Crippen LogP contribution in [-0.4, -0.2) is 65.4 Å². The van der Waals surface area contributed by atoms with Gasteiger partial charge in [0, 0.05) is 19.4 Å². The van der Waals surface area contributed by atoms with Crippen molar-refractivity contribution in [2.24, 2.45) is 33.9 Å². The van der Waals surface area contributed by atoms with E-state index < -0.39 is 23.8 Å². The van der Waals surface area contributed by atoms with Gasteiger partial charge in [-0.15, -0.1) is 0 Å². The van der Waals surface area contributed by atoms with Crippen LogP contribution in [0.15, 0.2) is 4.99 Å². The van der Waals surface area contributed by atoms with Crippen molar-refractivity contribution >= 4 is 24.9 Å². The number of aliphatic imine (C=N–C) groups is 1. The minimum absolute atomic E-state index is 0.00728. The van der Waals surface area contributed by atoms with Gasteiger partial charge in [-0.1, -0.05) is 47.0 Å². The normalized spacial score (nSPS) is 26.6. The van der Waals surface area contributed by atoms with Crippen LogP contribution in [0.5, 0.6) is 0 Å². The SMILES string of the molecule is CC(C)C[C@H](NC(=O)[C@H](CCCN=C(N)N[N+](=O)O)NC(=O)CCCCCCCC#N)B1O[C@@H]2C[C@@H]3C[C@@H](C3(C)C)[C@]2(C)O1. The number of unbranched alkanes of at least 4 members (excludes halogenated alkanes) is 5. The number of nitriles is 1.